The van der Waals surface area contributed by atoms with Crippen LogP contribution in [0.15, 0.2) is 42.5 Å². The lowest BCUT2D eigenvalue weighted by atomic mass is 10.00. The number of amides is 1. The molecule has 1 aliphatic rings. The van der Waals surface area contributed by atoms with Crippen molar-refractivity contribution in [2.45, 2.75) is 19.4 Å². The van der Waals surface area contributed by atoms with E-state index in [-0.39, 0.29) is 17.9 Å². The van der Waals surface area contributed by atoms with Crippen LogP contribution < -0.4 is 24.3 Å². The number of benzene rings is 2. The number of fused-ring (bicyclic) bond motifs is 1. The van der Waals surface area contributed by atoms with Crippen LogP contribution in [0.1, 0.15) is 12.5 Å². The van der Waals surface area contributed by atoms with E-state index >= 15 is 0 Å². The average Bonchev–Trinajstić information content (AvgIpc) is 2.71. The molecule has 0 saturated carbocycles. The van der Waals surface area contributed by atoms with Crippen molar-refractivity contribution in [3.63, 3.8) is 0 Å². The van der Waals surface area contributed by atoms with E-state index in [1.54, 1.807) is 14.2 Å². The molecular weight excluding hydrogens is 346 g/mol. The van der Waals surface area contributed by atoms with Crippen LogP contribution in [0.3, 0.4) is 0 Å². The molecule has 0 aromatic heterocycles. The van der Waals surface area contributed by atoms with Crippen LogP contribution in [-0.2, 0) is 11.2 Å². The molecule has 1 aliphatic heterocycles. The predicted molar refractivity (Wildman–Crippen MR) is 102 cm³/mol. The first kappa shape index (κ1) is 18.9. The SMILES string of the molecule is COc1ccc(CC(C)C(=O)NCC2COc3ccccc3O2)cc1OC. The van der Waals surface area contributed by atoms with Gasteiger partial charge >= 0.3 is 0 Å². The summed E-state index contributed by atoms with van der Waals surface area (Å²) >= 11 is 0. The van der Waals surface area contributed by atoms with E-state index in [4.69, 9.17) is 18.9 Å². The van der Waals surface area contributed by atoms with E-state index < -0.39 is 0 Å². The summed E-state index contributed by atoms with van der Waals surface area (Å²) in [6, 6.07) is 13.2. The van der Waals surface area contributed by atoms with Crippen molar-refractivity contribution in [1.82, 2.24) is 5.32 Å². The molecule has 1 N–H and O–H groups in total. The molecule has 6 heteroatoms. The van der Waals surface area contributed by atoms with E-state index in [9.17, 15) is 4.79 Å². The number of rotatable bonds is 7. The van der Waals surface area contributed by atoms with Crippen molar-refractivity contribution in [3.8, 4) is 23.0 Å². The molecule has 2 atom stereocenters. The predicted octanol–water partition coefficient (Wildman–Crippen LogP) is 2.84. The first-order valence-electron chi connectivity index (χ1n) is 8.97. The zero-order valence-corrected chi connectivity index (χ0v) is 15.9. The molecule has 3 rings (SSSR count). The summed E-state index contributed by atoms with van der Waals surface area (Å²) in [6.45, 7) is 2.73. The van der Waals surface area contributed by atoms with Gasteiger partial charge in [-0.1, -0.05) is 25.1 Å². The van der Waals surface area contributed by atoms with E-state index in [1.807, 2.05) is 49.4 Å². The van der Waals surface area contributed by atoms with E-state index in [2.05, 4.69) is 5.32 Å². The van der Waals surface area contributed by atoms with Crippen LogP contribution in [-0.4, -0.2) is 39.4 Å². The summed E-state index contributed by atoms with van der Waals surface area (Å²) in [5, 5.41) is 2.95. The molecule has 144 valence electrons. The summed E-state index contributed by atoms with van der Waals surface area (Å²) in [6.07, 6.45) is 0.411. The highest BCUT2D eigenvalue weighted by Gasteiger charge is 2.22. The van der Waals surface area contributed by atoms with Gasteiger partial charge in [0, 0.05) is 5.92 Å². The molecule has 1 amide bonds. The average molecular weight is 371 g/mol. The maximum Gasteiger partial charge on any atom is 0.223 e. The van der Waals surface area contributed by atoms with Crippen LogP contribution in [0.4, 0.5) is 0 Å². The Morgan fingerprint density at radius 3 is 2.63 bits per heavy atom. The summed E-state index contributed by atoms with van der Waals surface area (Å²) in [4.78, 5) is 12.4. The monoisotopic (exact) mass is 371 g/mol. The highest BCUT2D eigenvalue weighted by Crippen LogP contribution is 2.31. The van der Waals surface area contributed by atoms with Crippen LogP contribution in [0, 0.1) is 5.92 Å². The fraction of sp³-hybridized carbons (Fsp3) is 0.381. The van der Waals surface area contributed by atoms with Gasteiger partial charge in [0.2, 0.25) is 5.91 Å². The highest BCUT2D eigenvalue weighted by molar-refractivity contribution is 5.78. The van der Waals surface area contributed by atoms with Gasteiger partial charge in [-0.25, -0.2) is 0 Å². The number of ether oxygens (including phenoxy) is 4. The molecule has 0 fully saturated rings. The summed E-state index contributed by atoms with van der Waals surface area (Å²) in [5.74, 6) is 2.58. The van der Waals surface area contributed by atoms with Crippen molar-refractivity contribution >= 4 is 5.91 Å². The van der Waals surface area contributed by atoms with E-state index in [1.165, 1.54) is 0 Å². The van der Waals surface area contributed by atoms with Crippen LogP contribution in [0.5, 0.6) is 23.0 Å². The fourth-order valence-corrected chi connectivity index (χ4v) is 3.01. The van der Waals surface area contributed by atoms with E-state index in [0.717, 1.165) is 11.3 Å². The van der Waals surface area contributed by atoms with Gasteiger partial charge in [0.1, 0.15) is 12.7 Å². The zero-order chi connectivity index (χ0) is 19.2. The lowest BCUT2D eigenvalue weighted by Crippen LogP contribution is -2.42. The number of carbonyl (C=O) groups excluding carboxylic acids is 1. The first-order chi connectivity index (χ1) is 13.1. The number of para-hydroxylation sites is 2. The number of hydrogen-bond donors (Lipinski definition) is 1. The lowest BCUT2D eigenvalue weighted by molar-refractivity contribution is -0.125. The normalized spacial score (nSPS) is 16.3. The van der Waals surface area contributed by atoms with Gasteiger partial charge in [-0.2, -0.15) is 0 Å². The Balaban J connectivity index is 1.51. The largest absolute Gasteiger partial charge is 0.493 e. The third-order valence-corrected chi connectivity index (χ3v) is 4.51. The summed E-state index contributed by atoms with van der Waals surface area (Å²) in [5.41, 5.74) is 1.02. The lowest BCUT2D eigenvalue weighted by Gasteiger charge is -2.27. The van der Waals surface area contributed by atoms with Gasteiger partial charge in [-0.15, -0.1) is 0 Å². The van der Waals surface area contributed by atoms with Gasteiger partial charge in [-0.05, 0) is 36.2 Å². The minimum atomic E-state index is -0.197. The zero-order valence-electron chi connectivity index (χ0n) is 15.9. The molecule has 0 saturated heterocycles. The molecular formula is C21H25NO5. The molecule has 0 radical (unpaired) electrons. The second kappa shape index (κ2) is 8.66. The molecule has 1 heterocycles. The Kier molecular flexibility index (Phi) is 6.06. The Labute approximate surface area is 159 Å². The Hall–Kier alpha value is -2.89. The van der Waals surface area contributed by atoms with Crippen LogP contribution in [0.2, 0.25) is 0 Å². The van der Waals surface area contributed by atoms with Gasteiger partial charge in [0.15, 0.2) is 23.0 Å². The molecule has 0 bridgehead atoms. The first-order valence-corrected chi connectivity index (χ1v) is 8.97. The Morgan fingerprint density at radius 1 is 1.15 bits per heavy atom. The molecule has 2 aromatic rings. The smallest absolute Gasteiger partial charge is 0.223 e. The maximum atomic E-state index is 12.4. The molecule has 2 unspecified atom stereocenters. The molecule has 27 heavy (non-hydrogen) atoms. The van der Waals surface area contributed by atoms with Gasteiger partial charge < -0.3 is 24.3 Å². The molecule has 0 aliphatic carbocycles. The molecule has 2 aromatic carbocycles. The molecule has 0 spiro atoms. The van der Waals surface area contributed by atoms with Gasteiger partial charge in [0.05, 0.1) is 20.8 Å². The summed E-state index contributed by atoms with van der Waals surface area (Å²) in [7, 11) is 3.20. The van der Waals surface area contributed by atoms with Crippen molar-refractivity contribution in [2.75, 3.05) is 27.4 Å². The minimum Gasteiger partial charge on any atom is -0.493 e. The third-order valence-electron chi connectivity index (χ3n) is 4.51. The maximum absolute atomic E-state index is 12.4. The standard InChI is InChI=1S/C21H25NO5/c1-14(10-15-8-9-17(24-2)20(11-15)25-3)21(23)22-12-16-13-26-18-6-4-5-7-19(18)27-16/h4-9,11,14,16H,10,12-13H2,1-3H3,(H,22,23). The topological polar surface area (TPSA) is 66.0 Å². The van der Waals surface area contributed by atoms with Crippen molar-refractivity contribution < 1.29 is 23.7 Å². The van der Waals surface area contributed by atoms with Crippen molar-refractivity contribution in [1.29, 1.82) is 0 Å². The fourth-order valence-electron chi connectivity index (χ4n) is 3.01. The summed E-state index contributed by atoms with van der Waals surface area (Å²) < 4.78 is 22.1. The number of nitrogens with one attached hydrogen (secondary N) is 1. The Bertz CT molecular complexity index is 792. The number of carbonyl (C=O) groups is 1. The van der Waals surface area contributed by atoms with Gasteiger partial charge in [-0.3, -0.25) is 4.79 Å². The van der Waals surface area contributed by atoms with E-state index in [0.29, 0.717) is 36.8 Å². The van der Waals surface area contributed by atoms with Crippen LogP contribution >= 0.6 is 0 Å². The Morgan fingerprint density at radius 2 is 1.89 bits per heavy atom. The van der Waals surface area contributed by atoms with Crippen molar-refractivity contribution in [3.05, 3.63) is 48.0 Å². The van der Waals surface area contributed by atoms with Gasteiger partial charge in [0.25, 0.3) is 0 Å². The quantitative estimate of drug-likeness (QED) is 0.811. The second-order valence-corrected chi connectivity index (χ2v) is 6.54. The minimum absolute atomic E-state index is 0.0211. The van der Waals surface area contributed by atoms with Crippen LogP contribution in [0.25, 0.3) is 0 Å². The van der Waals surface area contributed by atoms with Crippen molar-refractivity contribution in [2.24, 2.45) is 5.92 Å². The highest BCUT2D eigenvalue weighted by atomic mass is 16.6. The second-order valence-electron chi connectivity index (χ2n) is 6.54. The third kappa shape index (κ3) is 4.64. The molecule has 6 nitrogen and oxygen atoms in total. The number of hydrogen-bond acceptors (Lipinski definition) is 5. The number of methoxy groups -OCH3 is 2.